The molecule has 1 rings (SSSR count). The molecule has 1 aromatic rings. The Kier molecular flexibility index (Phi) is 5.09. The molecule has 0 aliphatic heterocycles. The summed E-state index contributed by atoms with van der Waals surface area (Å²) in [6.45, 7) is 7.93. The Morgan fingerprint density at radius 2 is 1.73 bits per heavy atom. The fraction of sp³-hybridized carbons (Fsp3) is 0.500. The Hall–Kier alpha value is -0.570. The minimum atomic E-state index is 0.547. The van der Waals surface area contributed by atoms with Gasteiger partial charge in [0, 0.05) is 18.1 Å². The van der Waals surface area contributed by atoms with Crippen LogP contribution >= 0.6 is 11.6 Å². The Morgan fingerprint density at radius 3 is 2.27 bits per heavy atom. The Morgan fingerprint density at radius 1 is 1.13 bits per heavy atom. The molecule has 1 aromatic carbocycles. The lowest BCUT2D eigenvalue weighted by Gasteiger charge is -2.18. The number of halogens is 1. The van der Waals surface area contributed by atoms with E-state index in [9.17, 15) is 0 Å². The zero-order valence-electron chi connectivity index (χ0n) is 9.46. The summed E-state index contributed by atoms with van der Waals surface area (Å²) in [5, 5.41) is 0.778. The van der Waals surface area contributed by atoms with Gasteiger partial charge in [-0.1, -0.05) is 31.5 Å². The van der Waals surface area contributed by atoms with Crippen molar-refractivity contribution in [2.45, 2.75) is 26.9 Å². The zero-order chi connectivity index (χ0) is 11.3. The van der Waals surface area contributed by atoms with Crippen molar-refractivity contribution < 1.29 is 0 Å². The largest absolute Gasteiger partial charge is 0.326 e. The maximum absolute atomic E-state index is 6.02. The summed E-state index contributed by atoms with van der Waals surface area (Å²) in [5.41, 5.74) is 7.95. The lowest BCUT2D eigenvalue weighted by molar-refractivity contribution is 0.296. The molecule has 0 aromatic heterocycles. The third-order valence-electron chi connectivity index (χ3n) is 2.55. The lowest BCUT2D eigenvalue weighted by Crippen LogP contribution is -2.22. The van der Waals surface area contributed by atoms with Gasteiger partial charge in [-0.15, -0.1) is 0 Å². The Labute approximate surface area is 97.0 Å². The molecule has 0 amide bonds. The average Bonchev–Trinajstić information content (AvgIpc) is 2.25. The van der Waals surface area contributed by atoms with Gasteiger partial charge < -0.3 is 5.73 Å². The molecule has 0 heterocycles. The van der Waals surface area contributed by atoms with Crippen LogP contribution in [0.3, 0.4) is 0 Å². The minimum Gasteiger partial charge on any atom is -0.326 e. The number of nitrogens with zero attached hydrogens (tertiary/aromatic N) is 1. The van der Waals surface area contributed by atoms with E-state index in [-0.39, 0.29) is 0 Å². The van der Waals surface area contributed by atoms with Crippen molar-refractivity contribution in [1.29, 1.82) is 0 Å². The Balaban J connectivity index is 2.79. The molecule has 0 aliphatic carbocycles. The molecule has 0 saturated carbocycles. The summed E-state index contributed by atoms with van der Waals surface area (Å²) in [7, 11) is 0. The van der Waals surface area contributed by atoms with Gasteiger partial charge in [-0.05, 0) is 36.3 Å². The molecule has 0 spiro atoms. The molecule has 2 N–H and O–H groups in total. The summed E-state index contributed by atoms with van der Waals surface area (Å²) in [6, 6.07) is 6.07. The highest BCUT2D eigenvalue weighted by molar-refractivity contribution is 6.30. The van der Waals surface area contributed by atoms with Gasteiger partial charge in [0.05, 0.1) is 0 Å². The van der Waals surface area contributed by atoms with Gasteiger partial charge in [-0.2, -0.15) is 0 Å². The molecule has 15 heavy (non-hydrogen) atoms. The lowest BCUT2D eigenvalue weighted by atomic mass is 10.1. The first kappa shape index (κ1) is 12.5. The highest BCUT2D eigenvalue weighted by atomic mass is 35.5. The topological polar surface area (TPSA) is 29.3 Å². The van der Waals surface area contributed by atoms with Gasteiger partial charge in [-0.3, -0.25) is 4.90 Å². The molecular weight excluding hydrogens is 208 g/mol. The second kappa shape index (κ2) is 6.11. The van der Waals surface area contributed by atoms with Crippen LogP contribution in [-0.4, -0.2) is 18.0 Å². The molecule has 2 nitrogen and oxygen atoms in total. The summed E-state index contributed by atoms with van der Waals surface area (Å²) >= 11 is 6.02. The predicted molar refractivity (Wildman–Crippen MR) is 66.0 cm³/mol. The van der Waals surface area contributed by atoms with Crippen molar-refractivity contribution in [1.82, 2.24) is 4.90 Å². The first-order chi connectivity index (χ1) is 7.19. The van der Waals surface area contributed by atoms with Crippen molar-refractivity contribution >= 4 is 11.6 Å². The van der Waals surface area contributed by atoms with E-state index < -0.39 is 0 Å². The van der Waals surface area contributed by atoms with Crippen LogP contribution < -0.4 is 5.73 Å². The third kappa shape index (κ3) is 3.82. The molecule has 0 bridgehead atoms. The second-order valence-electron chi connectivity index (χ2n) is 3.63. The maximum atomic E-state index is 6.02. The van der Waals surface area contributed by atoms with Crippen LogP contribution in [0.2, 0.25) is 5.02 Å². The smallest absolute Gasteiger partial charge is 0.0412 e. The highest BCUT2D eigenvalue weighted by Crippen LogP contribution is 2.16. The first-order valence-corrected chi connectivity index (χ1v) is 5.78. The van der Waals surface area contributed by atoms with Gasteiger partial charge in [0.1, 0.15) is 0 Å². The van der Waals surface area contributed by atoms with Gasteiger partial charge >= 0.3 is 0 Å². The van der Waals surface area contributed by atoms with E-state index in [1.807, 2.05) is 12.1 Å². The predicted octanol–water partition coefficient (Wildman–Crippen LogP) is 2.64. The zero-order valence-corrected chi connectivity index (χ0v) is 10.2. The third-order valence-corrected chi connectivity index (χ3v) is 2.77. The molecule has 0 fully saturated rings. The van der Waals surface area contributed by atoms with Crippen LogP contribution in [0.5, 0.6) is 0 Å². The van der Waals surface area contributed by atoms with Crippen LogP contribution in [0, 0.1) is 0 Å². The maximum Gasteiger partial charge on any atom is 0.0412 e. The van der Waals surface area contributed by atoms with Gasteiger partial charge in [0.25, 0.3) is 0 Å². The van der Waals surface area contributed by atoms with Crippen LogP contribution in [-0.2, 0) is 13.1 Å². The van der Waals surface area contributed by atoms with E-state index in [0.717, 1.165) is 30.2 Å². The van der Waals surface area contributed by atoms with Crippen molar-refractivity contribution in [3.63, 3.8) is 0 Å². The van der Waals surface area contributed by atoms with Crippen molar-refractivity contribution in [2.75, 3.05) is 13.1 Å². The summed E-state index contributed by atoms with van der Waals surface area (Å²) in [4.78, 5) is 2.35. The van der Waals surface area contributed by atoms with Crippen LogP contribution in [0.25, 0.3) is 0 Å². The average molecular weight is 227 g/mol. The first-order valence-electron chi connectivity index (χ1n) is 5.40. The second-order valence-corrected chi connectivity index (χ2v) is 4.07. The molecule has 3 heteroatoms. The SMILES string of the molecule is CCN(CC)Cc1cc(Cl)cc(CN)c1. The fourth-order valence-corrected chi connectivity index (χ4v) is 1.91. The van der Waals surface area contributed by atoms with Gasteiger partial charge in [0.15, 0.2) is 0 Å². The van der Waals surface area contributed by atoms with Crippen molar-refractivity contribution in [3.8, 4) is 0 Å². The molecule has 84 valence electrons. The van der Waals surface area contributed by atoms with Gasteiger partial charge in [-0.25, -0.2) is 0 Å². The van der Waals surface area contributed by atoms with Crippen LogP contribution in [0.1, 0.15) is 25.0 Å². The standard InChI is InChI=1S/C12H19ClN2/c1-3-15(4-2)9-11-5-10(8-14)6-12(13)7-11/h5-7H,3-4,8-9,14H2,1-2H3. The van der Waals surface area contributed by atoms with Crippen molar-refractivity contribution in [3.05, 3.63) is 34.3 Å². The number of nitrogens with two attached hydrogens (primary N) is 1. The fourth-order valence-electron chi connectivity index (χ4n) is 1.63. The van der Waals surface area contributed by atoms with E-state index >= 15 is 0 Å². The number of hydrogen-bond donors (Lipinski definition) is 1. The highest BCUT2D eigenvalue weighted by Gasteiger charge is 2.03. The summed E-state index contributed by atoms with van der Waals surface area (Å²) in [5.74, 6) is 0. The van der Waals surface area contributed by atoms with Crippen LogP contribution in [0.15, 0.2) is 18.2 Å². The number of rotatable bonds is 5. The van der Waals surface area contributed by atoms with E-state index in [4.69, 9.17) is 17.3 Å². The molecule has 0 saturated heterocycles. The van der Waals surface area contributed by atoms with Gasteiger partial charge in [0.2, 0.25) is 0 Å². The van der Waals surface area contributed by atoms with E-state index in [0.29, 0.717) is 6.54 Å². The van der Waals surface area contributed by atoms with E-state index in [1.165, 1.54) is 5.56 Å². The molecule has 0 radical (unpaired) electrons. The minimum absolute atomic E-state index is 0.547. The van der Waals surface area contributed by atoms with E-state index in [1.54, 1.807) is 0 Å². The molecule has 0 unspecified atom stereocenters. The normalized spacial score (nSPS) is 11.0. The van der Waals surface area contributed by atoms with E-state index in [2.05, 4.69) is 24.8 Å². The van der Waals surface area contributed by atoms with Crippen molar-refractivity contribution in [2.24, 2.45) is 5.73 Å². The molecular formula is C12H19ClN2. The Bertz CT molecular complexity index is 308. The number of benzene rings is 1. The molecule has 0 aliphatic rings. The van der Waals surface area contributed by atoms with Crippen LogP contribution in [0.4, 0.5) is 0 Å². The summed E-state index contributed by atoms with van der Waals surface area (Å²) in [6.07, 6.45) is 0. The molecule has 0 atom stereocenters. The quantitative estimate of drug-likeness (QED) is 0.837. The summed E-state index contributed by atoms with van der Waals surface area (Å²) < 4.78 is 0. The monoisotopic (exact) mass is 226 g/mol. The number of hydrogen-bond acceptors (Lipinski definition) is 2.